The fraction of sp³-hybridized carbons (Fsp3) is 0.316. The van der Waals surface area contributed by atoms with Crippen molar-refractivity contribution >= 4 is 11.7 Å². The number of hydrogen-bond donors (Lipinski definition) is 2. The van der Waals surface area contributed by atoms with Gasteiger partial charge in [-0.15, -0.1) is 0 Å². The van der Waals surface area contributed by atoms with E-state index in [2.05, 4.69) is 10.6 Å². The Hall–Kier alpha value is -2.53. The average Bonchev–Trinajstić information content (AvgIpc) is 2.55. The molecule has 2 amide bonds. The van der Waals surface area contributed by atoms with Gasteiger partial charge in [0.25, 0.3) is 0 Å². The first-order chi connectivity index (χ1) is 11.6. The molecule has 2 aromatic rings. The maximum atomic E-state index is 11.9. The fourth-order valence-electron chi connectivity index (χ4n) is 2.18. The molecule has 5 heteroatoms. The summed E-state index contributed by atoms with van der Waals surface area (Å²) >= 11 is 0. The highest BCUT2D eigenvalue weighted by molar-refractivity contribution is 5.89. The first kappa shape index (κ1) is 17.8. The molecule has 0 aliphatic heterocycles. The van der Waals surface area contributed by atoms with Gasteiger partial charge in [0.1, 0.15) is 11.5 Å². The molecule has 1 unspecified atom stereocenters. The van der Waals surface area contributed by atoms with Gasteiger partial charge in [-0.3, -0.25) is 0 Å². The van der Waals surface area contributed by atoms with Crippen molar-refractivity contribution in [2.75, 3.05) is 19.0 Å². The summed E-state index contributed by atoms with van der Waals surface area (Å²) in [4.78, 5) is 11.9. The first-order valence-electron chi connectivity index (χ1n) is 7.98. The van der Waals surface area contributed by atoms with Gasteiger partial charge in [0.15, 0.2) is 0 Å². The van der Waals surface area contributed by atoms with E-state index in [0.717, 1.165) is 23.5 Å². The smallest absolute Gasteiger partial charge is 0.319 e. The first-order valence-corrected chi connectivity index (χ1v) is 7.98. The molecular formula is C19H24N2O3. The van der Waals surface area contributed by atoms with E-state index in [4.69, 9.17) is 9.47 Å². The monoisotopic (exact) mass is 328 g/mol. The van der Waals surface area contributed by atoms with Gasteiger partial charge in [-0.1, -0.05) is 12.1 Å². The van der Waals surface area contributed by atoms with Crippen molar-refractivity contribution in [2.24, 2.45) is 0 Å². The van der Waals surface area contributed by atoms with Gasteiger partial charge >= 0.3 is 6.03 Å². The van der Waals surface area contributed by atoms with Crippen LogP contribution >= 0.6 is 0 Å². The van der Waals surface area contributed by atoms with Crippen molar-refractivity contribution in [3.05, 3.63) is 54.1 Å². The summed E-state index contributed by atoms with van der Waals surface area (Å²) in [5.41, 5.74) is 1.85. The van der Waals surface area contributed by atoms with Gasteiger partial charge < -0.3 is 20.1 Å². The van der Waals surface area contributed by atoms with Gasteiger partial charge in [-0.25, -0.2) is 4.79 Å². The Morgan fingerprint density at radius 2 is 1.88 bits per heavy atom. The number of anilines is 1. The second-order valence-electron chi connectivity index (χ2n) is 5.72. The van der Waals surface area contributed by atoms with Crippen molar-refractivity contribution in [1.29, 1.82) is 0 Å². The topological polar surface area (TPSA) is 59.6 Å². The number of ether oxygens (including phenoxy) is 2. The maximum Gasteiger partial charge on any atom is 0.319 e. The minimum atomic E-state index is -0.231. The molecule has 0 fully saturated rings. The van der Waals surface area contributed by atoms with Crippen molar-refractivity contribution in [1.82, 2.24) is 5.32 Å². The molecule has 0 bridgehead atoms. The normalized spacial score (nSPS) is 11.6. The summed E-state index contributed by atoms with van der Waals surface area (Å²) in [5.74, 6) is 1.51. The molecule has 0 saturated carbocycles. The van der Waals surface area contributed by atoms with E-state index in [9.17, 15) is 4.79 Å². The molecule has 1 atom stereocenters. The molecule has 0 heterocycles. The van der Waals surface area contributed by atoms with Crippen LogP contribution in [0.2, 0.25) is 0 Å². The molecule has 128 valence electrons. The third-order valence-corrected chi connectivity index (χ3v) is 3.47. The van der Waals surface area contributed by atoms with Crippen LogP contribution in [0.5, 0.6) is 11.5 Å². The van der Waals surface area contributed by atoms with Gasteiger partial charge in [-0.05, 0) is 62.2 Å². The molecule has 2 rings (SSSR count). The molecule has 0 aromatic heterocycles. The zero-order chi connectivity index (χ0) is 17.4. The van der Waals surface area contributed by atoms with Gasteiger partial charge in [-0.2, -0.15) is 0 Å². The minimum absolute atomic E-state index is 0.0499. The molecule has 24 heavy (non-hydrogen) atoms. The van der Waals surface area contributed by atoms with Crippen LogP contribution in [-0.2, 0) is 4.74 Å². The Balaban J connectivity index is 1.86. The van der Waals surface area contributed by atoms with Crippen LogP contribution in [0.4, 0.5) is 10.5 Å². The number of carbonyl (C=O) groups excluding carboxylic acids is 1. The Morgan fingerprint density at radius 1 is 1.12 bits per heavy atom. The van der Waals surface area contributed by atoms with Gasteiger partial charge in [0, 0.05) is 25.4 Å². The molecule has 5 nitrogen and oxygen atoms in total. The number of urea groups is 1. The predicted octanol–water partition coefficient (Wildman–Crippen LogP) is 4.33. The minimum Gasteiger partial charge on any atom is -0.457 e. The highest BCUT2D eigenvalue weighted by Gasteiger charge is 2.07. The molecule has 0 aliphatic carbocycles. The lowest BCUT2D eigenvalue weighted by molar-refractivity contribution is 0.185. The molecule has 0 radical (unpaired) electrons. The number of benzene rings is 2. The molecule has 0 aliphatic rings. The lowest BCUT2D eigenvalue weighted by Gasteiger charge is -2.14. The highest BCUT2D eigenvalue weighted by Crippen LogP contribution is 2.23. The van der Waals surface area contributed by atoms with E-state index in [1.54, 1.807) is 7.11 Å². The van der Waals surface area contributed by atoms with Crippen molar-refractivity contribution in [3.63, 3.8) is 0 Å². The van der Waals surface area contributed by atoms with Crippen molar-refractivity contribution < 1.29 is 14.3 Å². The van der Waals surface area contributed by atoms with E-state index in [-0.39, 0.29) is 12.1 Å². The maximum absolute atomic E-state index is 11.9. The summed E-state index contributed by atoms with van der Waals surface area (Å²) in [6.07, 6.45) is 0.771. The standard InChI is InChI=1S/C19H24N2O3/c1-14-5-4-6-18(13-14)24-17-9-7-16(8-10-17)21-19(22)20-15(2)11-12-23-3/h4-10,13,15H,11-12H2,1-3H3,(H2,20,21,22). The summed E-state index contributed by atoms with van der Waals surface area (Å²) in [7, 11) is 1.65. The van der Waals surface area contributed by atoms with E-state index in [1.807, 2.05) is 62.4 Å². The summed E-state index contributed by atoms with van der Waals surface area (Å²) in [6.45, 7) is 4.58. The van der Waals surface area contributed by atoms with Crippen LogP contribution in [0.25, 0.3) is 0 Å². The lowest BCUT2D eigenvalue weighted by atomic mass is 10.2. The predicted molar refractivity (Wildman–Crippen MR) is 95.8 cm³/mol. The number of nitrogens with one attached hydrogen (secondary N) is 2. The third kappa shape index (κ3) is 5.93. The lowest BCUT2D eigenvalue weighted by Crippen LogP contribution is -2.36. The summed E-state index contributed by atoms with van der Waals surface area (Å²) < 4.78 is 10.8. The van der Waals surface area contributed by atoms with Crippen LogP contribution in [0.1, 0.15) is 18.9 Å². The average molecular weight is 328 g/mol. The number of aryl methyl sites for hydroxylation is 1. The Labute approximate surface area is 143 Å². The zero-order valence-electron chi connectivity index (χ0n) is 14.3. The summed E-state index contributed by atoms with van der Waals surface area (Å²) in [5, 5.41) is 5.67. The molecule has 2 N–H and O–H groups in total. The third-order valence-electron chi connectivity index (χ3n) is 3.47. The van der Waals surface area contributed by atoms with Crippen LogP contribution in [0, 0.1) is 6.92 Å². The van der Waals surface area contributed by atoms with Crippen LogP contribution in [0.15, 0.2) is 48.5 Å². The van der Waals surface area contributed by atoms with Crippen LogP contribution in [0.3, 0.4) is 0 Å². The number of amides is 2. The van der Waals surface area contributed by atoms with E-state index < -0.39 is 0 Å². The molecule has 2 aromatic carbocycles. The number of carbonyl (C=O) groups is 1. The molecular weight excluding hydrogens is 304 g/mol. The zero-order valence-corrected chi connectivity index (χ0v) is 14.3. The Bertz CT molecular complexity index is 656. The van der Waals surface area contributed by atoms with Crippen LogP contribution in [-0.4, -0.2) is 25.8 Å². The second-order valence-corrected chi connectivity index (χ2v) is 5.72. The largest absolute Gasteiger partial charge is 0.457 e. The highest BCUT2D eigenvalue weighted by atomic mass is 16.5. The van der Waals surface area contributed by atoms with Gasteiger partial charge in [0.2, 0.25) is 0 Å². The van der Waals surface area contributed by atoms with Crippen molar-refractivity contribution in [2.45, 2.75) is 26.3 Å². The molecule has 0 saturated heterocycles. The SMILES string of the molecule is COCCC(C)NC(=O)Nc1ccc(Oc2cccc(C)c2)cc1. The van der Waals surface area contributed by atoms with E-state index in [0.29, 0.717) is 12.3 Å². The van der Waals surface area contributed by atoms with Crippen LogP contribution < -0.4 is 15.4 Å². The Kier molecular flexibility index (Phi) is 6.63. The fourth-order valence-corrected chi connectivity index (χ4v) is 2.18. The summed E-state index contributed by atoms with van der Waals surface area (Å²) in [6, 6.07) is 14.9. The van der Waals surface area contributed by atoms with Gasteiger partial charge in [0.05, 0.1) is 0 Å². The second kappa shape index (κ2) is 8.93. The number of hydrogen-bond acceptors (Lipinski definition) is 3. The van der Waals surface area contributed by atoms with E-state index >= 15 is 0 Å². The molecule has 0 spiro atoms. The number of rotatable bonds is 7. The Morgan fingerprint density at radius 3 is 2.54 bits per heavy atom. The number of methoxy groups -OCH3 is 1. The quantitative estimate of drug-likeness (QED) is 0.795. The van der Waals surface area contributed by atoms with E-state index in [1.165, 1.54) is 0 Å². The van der Waals surface area contributed by atoms with Crippen molar-refractivity contribution in [3.8, 4) is 11.5 Å².